The number of fused-ring (bicyclic) bond motifs is 22. The van der Waals surface area contributed by atoms with Gasteiger partial charge < -0.3 is 19.7 Å². The number of anilines is 5. The van der Waals surface area contributed by atoms with Crippen molar-refractivity contribution in [2.45, 2.75) is 95.3 Å². The molecule has 4 nitrogen and oxygen atoms in total. The second-order valence-electron chi connectivity index (χ2n) is 33.4. The Balaban J connectivity index is 0.000000148. The standard InChI is InChI=1S/C62H53NO.C29H16Br2O.C16H19N/c1-60(2,3)43-31-29-42(30-32-43)58(41-19-9-7-10-20-41)51-40-55-59(49-24-14-13-23-48(49)51)50-38-37-47(63(45-21-11-8-12-22-45)46-35-33-44(34-36-46)61(4,5)6)39-54(50)62(55)52-25-15-17-27-56(52)64-57-28-18-16-26-53(57)62;30-17-13-14-20-23(15-17)29(24-16-25(31)18-7-1-2-8-19(18)28(20)24)21-9-3-5-11-26(21)32-27-12-6-4-10-22(27)29;1-16(2,3)13-9-11-15(12-10-13)17-14-7-5-4-6-8-14/h7-40,58H,1-6H3;1-16H;4-12,17H,1-3H3. The van der Waals surface area contributed by atoms with E-state index in [0.717, 1.165) is 71.5 Å². The quantitative estimate of drug-likeness (QED) is 0.154. The zero-order valence-electron chi connectivity index (χ0n) is 65.2. The Morgan fingerprint density at radius 1 is 0.292 bits per heavy atom. The number of halogens is 2. The Kier molecular flexibility index (Phi) is 18.5. The average Bonchev–Trinajstić information content (AvgIpc) is 1.53. The minimum atomic E-state index is -0.694. The van der Waals surface area contributed by atoms with Gasteiger partial charge in [0.15, 0.2) is 0 Å². The average molecular weight is 1590 g/mol. The van der Waals surface area contributed by atoms with Crippen LogP contribution in [0, 0.1) is 0 Å². The minimum absolute atomic E-state index is 0.0169. The van der Waals surface area contributed by atoms with Crippen LogP contribution in [0.15, 0.2) is 367 Å². The molecule has 552 valence electrons. The molecular formula is C107H88Br2N2O2. The summed E-state index contributed by atoms with van der Waals surface area (Å²) in [6.07, 6.45) is 0. The van der Waals surface area contributed by atoms with Gasteiger partial charge in [0.2, 0.25) is 0 Å². The monoisotopic (exact) mass is 1590 g/mol. The summed E-state index contributed by atoms with van der Waals surface area (Å²) < 4.78 is 15.5. The number of para-hydroxylation sites is 6. The van der Waals surface area contributed by atoms with Gasteiger partial charge in [-0.1, -0.05) is 349 Å². The fraction of sp³-hybridized carbons (Fsp3) is 0.140. The van der Waals surface area contributed by atoms with Crippen molar-refractivity contribution < 1.29 is 9.47 Å². The van der Waals surface area contributed by atoms with E-state index in [1.54, 1.807) is 0 Å². The highest BCUT2D eigenvalue weighted by atomic mass is 79.9. The van der Waals surface area contributed by atoms with E-state index in [1.807, 2.05) is 18.2 Å². The van der Waals surface area contributed by atoms with Crippen molar-refractivity contribution in [1.29, 1.82) is 0 Å². The summed E-state index contributed by atoms with van der Waals surface area (Å²) in [7, 11) is 0. The zero-order valence-corrected chi connectivity index (χ0v) is 68.3. The predicted molar refractivity (Wildman–Crippen MR) is 479 cm³/mol. The molecular weight excluding hydrogens is 1500 g/mol. The summed E-state index contributed by atoms with van der Waals surface area (Å²) >= 11 is 7.66. The zero-order chi connectivity index (χ0) is 77.5. The third-order valence-electron chi connectivity index (χ3n) is 23.4. The molecule has 16 aromatic rings. The number of ether oxygens (including phenoxy) is 2. The molecule has 4 aliphatic rings. The van der Waals surface area contributed by atoms with Crippen molar-refractivity contribution in [3.8, 4) is 45.3 Å². The molecule has 0 fully saturated rings. The van der Waals surface area contributed by atoms with Crippen molar-refractivity contribution in [2.24, 2.45) is 0 Å². The topological polar surface area (TPSA) is 33.7 Å². The van der Waals surface area contributed by atoms with Gasteiger partial charge >= 0.3 is 0 Å². The van der Waals surface area contributed by atoms with E-state index in [4.69, 9.17) is 9.47 Å². The van der Waals surface area contributed by atoms with Crippen LogP contribution in [0.2, 0.25) is 0 Å². The number of benzene rings is 16. The highest BCUT2D eigenvalue weighted by Crippen LogP contribution is 2.67. The first-order valence-electron chi connectivity index (χ1n) is 39.3. The molecule has 16 aromatic carbocycles. The minimum Gasteiger partial charge on any atom is -0.457 e. The molecule has 0 radical (unpaired) electrons. The van der Waals surface area contributed by atoms with Crippen molar-refractivity contribution in [2.75, 3.05) is 10.2 Å². The first-order valence-corrected chi connectivity index (χ1v) is 40.9. The van der Waals surface area contributed by atoms with Crippen LogP contribution < -0.4 is 19.7 Å². The van der Waals surface area contributed by atoms with E-state index in [1.165, 1.54) is 111 Å². The Bertz CT molecular complexity index is 6200. The summed E-state index contributed by atoms with van der Waals surface area (Å²) in [5.41, 5.74) is 27.5. The molecule has 2 spiro atoms. The van der Waals surface area contributed by atoms with Crippen LogP contribution in [0.1, 0.15) is 146 Å². The molecule has 1 atom stereocenters. The van der Waals surface area contributed by atoms with Gasteiger partial charge in [-0.25, -0.2) is 0 Å². The van der Waals surface area contributed by atoms with Gasteiger partial charge in [0.05, 0.1) is 10.8 Å². The molecule has 113 heavy (non-hydrogen) atoms. The first kappa shape index (κ1) is 72.7. The molecule has 0 aromatic heterocycles. The molecule has 6 heteroatoms. The van der Waals surface area contributed by atoms with Gasteiger partial charge in [-0.05, 0) is 219 Å². The number of hydrogen-bond acceptors (Lipinski definition) is 4. The number of hydrogen-bond donors (Lipinski definition) is 1. The van der Waals surface area contributed by atoms with E-state index in [-0.39, 0.29) is 22.2 Å². The van der Waals surface area contributed by atoms with Crippen LogP contribution in [-0.4, -0.2) is 0 Å². The molecule has 20 rings (SSSR count). The van der Waals surface area contributed by atoms with Gasteiger partial charge in [0, 0.05) is 65.6 Å². The van der Waals surface area contributed by atoms with Crippen molar-refractivity contribution in [3.63, 3.8) is 0 Å². The maximum Gasteiger partial charge on any atom is 0.132 e. The van der Waals surface area contributed by atoms with E-state index in [2.05, 4.69) is 444 Å². The number of nitrogens with zero attached hydrogens (tertiary/aromatic N) is 1. The highest BCUT2D eigenvalue weighted by Gasteiger charge is 2.54. The van der Waals surface area contributed by atoms with E-state index in [9.17, 15) is 0 Å². The molecule has 2 aliphatic heterocycles. The highest BCUT2D eigenvalue weighted by molar-refractivity contribution is 9.11. The second-order valence-corrected chi connectivity index (χ2v) is 35.1. The van der Waals surface area contributed by atoms with E-state index >= 15 is 0 Å². The molecule has 0 amide bonds. The first-order chi connectivity index (χ1) is 54.8. The number of nitrogens with one attached hydrogen (secondary N) is 1. The van der Waals surface area contributed by atoms with Gasteiger partial charge in [-0.2, -0.15) is 0 Å². The third kappa shape index (κ3) is 12.7. The van der Waals surface area contributed by atoms with Crippen molar-refractivity contribution in [1.82, 2.24) is 0 Å². The lowest BCUT2D eigenvalue weighted by atomic mass is 9.65. The molecule has 1 N–H and O–H groups in total. The summed E-state index contributed by atoms with van der Waals surface area (Å²) in [6, 6.07) is 130. The summed E-state index contributed by atoms with van der Waals surface area (Å²) in [6.45, 7) is 20.4. The maximum atomic E-state index is 6.88. The third-order valence-corrected chi connectivity index (χ3v) is 24.6. The van der Waals surface area contributed by atoms with Gasteiger partial charge in [0.1, 0.15) is 23.0 Å². The normalized spacial score (nSPS) is 13.7. The predicted octanol–water partition coefficient (Wildman–Crippen LogP) is 30.1. The number of rotatable bonds is 8. The van der Waals surface area contributed by atoms with Gasteiger partial charge in [0.25, 0.3) is 0 Å². The molecule has 2 aliphatic carbocycles. The van der Waals surface area contributed by atoms with Crippen molar-refractivity contribution in [3.05, 3.63) is 445 Å². The Morgan fingerprint density at radius 2 is 0.655 bits per heavy atom. The lowest BCUT2D eigenvalue weighted by Crippen LogP contribution is -2.32. The van der Waals surface area contributed by atoms with Crippen LogP contribution in [0.3, 0.4) is 0 Å². The lowest BCUT2D eigenvalue weighted by Gasteiger charge is -2.40. The molecule has 0 bridgehead atoms. The van der Waals surface area contributed by atoms with E-state index < -0.39 is 10.8 Å². The summed E-state index contributed by atoms with van der Waals surface area (Å²) in [5.74, 6) is 3.57. The fourth-order valence-corrected chi connectivity index (χ4v) is 19.0. The summed E-state index contributed by atoms with van der Waals surface area (Å²) in [5, 5.41) is 8.39. The molecule has 0 saturated heterocycles. The van der Waals surface area contributed by atoms with Crippen LogP contribution in [-0.2, 0) is 27.1 Å². The van der Waals surface area contributed by atoms with Gasteiger partial charge in [-0.3, -0.25) is 0 Å². The molecule has 2 heterocycles. The SMILES string of the molecule is Brc1ccc2c(c1)C1(c3ccccc3Oc3ccccc31)c1cc(Br)c3ccccc3c1-2.CC(C)(C)c1ccc(C(c2ccccc2)c2cc3c(c4ccccc24)-c2ccc(N(c4ccccc4)c4ccc(C(C)(C)C)cc4)cc2C32c3ccccc3Oc3ccccc32)cc1.CC(C)(C)c1ccc(Nc2ccccc2)cc1. The van der Waals surface area contributed by atoms with Crippen LogP contribution in [0.25, 0.3) is 43.8 Å². The smallest absolute Gasteiger partial charge is 0.132 e. The molecule has 0 saturated carbocycles. The lowest BCUT2D eigenvalue weighted by molar-refractivity contribution is 0.436. The Labute approximate surface area is 681 Å². The van der Waals surface area contributed by atoms with Crippen LogP contribution in [0.5, 0.6) is 23.0 Å². The fourth-order valence-electron chi connectivity index (χ4n) is 18.1. The Morgan fingerprint density at radius 3 is 1.16 bits per heavy atom. The molecule has 1 unspecified atom stereocenters. The van der Waals surface area contributed by atoms with Gasteiger partial charge in [-0.15, -0.1) is 0 Å². The summed E-state index contributed by atoms with van der Waals surface area (Å²) in [4.78, 5) is 2.41. The van der Waals surface area contributed by atoms with Crippen LogP contribution in [0.4, 0.5) is 28.4 Å². The Hall–Kier alpha value is -11.8. The van der Waals surface area contributed by atoms with E-state index in [0.29, 0.717) is 0 Å². The van der Waals surface area contributed by atoms with Crippen molar-refractivity contribution >= 4 is 81.8 Å². The maximum absolute atomic E-state index is 6.88. The second kappa shape index (κ2) is 28.7. The van der Waals surface area contributed by atoms with Crippen LogP contribution >= 0.6 is 31.9 Å². The largest absolute Gasteiger partial charge is 0.457 e.